The molecule has 2 amide bonds. The van der Waals surface area contributed by atoms with Crippen molar-refractivity contribution in [1.82, 2.24) is 10.6 Å². The van der Waals surface area contributed by atoms with Crippen LogP contribution in [0.2, 0.25) is 5.02 Å². The molecule has 1 atom stereocenters. The molecule has 0 unspecified atom stereocenters. The van der Waals surface area contributed by atoms with Gasteiger partial charge in [-0.3, -0.25) is 14.4 Å². The average molecular weight is 369 g/mol. The molecule has 7 heteroatoms. The van der Waals surface area contributed by atoms with Gasteiger partial charge < -0.3 is 15.4 Å². The van der Waals surface area contributed by atoms with Crippen LogP contribution in [0.1, 0.15) is 43.5 Å². The quantitative estimate of drug-likeness (QED) is 0.518. The van der Waals surface area contributed by atoms with Crippen LogP contribution in [0.15, 0.2) is 24.3 Å². The van der Waals surface area contributed by atoms with Gasteiger partial charge in [0.2, 0.25) is 5.91 Å². The zero-order valence-electron chi connectivity index (χ0n) is 14.8. The second-order valence-electron chi connectivity index (χ2n) is 6.13. The second kappa shape index (κ2) is 10.7. The van der Waals surface area contributed by atoms with Gasteiger partial charge in [-0.15, -0.1) is 0 Å². The maximum absolute atomic E-state index is 12.4. The SMILES string of the molecule is COC(=O)CCCNC(=O)[C@H](CC(C)C)NC(=O)c1ccc(Cl)cc1. The number of rotatable bonds is 9. The number of ether oxygens (including phenoxy) is 1. The van der Waals surface area contributed by atoms with E-state index in [9.17, 15) is 14.4 Å². The van der Waals surface area contributed by atoms with Crippen molar-refractivity contribution < 1.29 is 19.1 Å². The number of benzene rings is 1. The number of esters is 1. The summed E-state index contributed by atoms with van der Waals surface area (Å²) < 4.78 is 4.55. The van der Waals surface area contributed by atoms with Gasteiger partial charge in [0.25, 0.3) is 5.91 Å². The lowest BCUT2D eigenvalue weighted by Gasteiger charge is -2.20. The van der Waals surface area contributed by atoms with Crippen molar-refractivity contribution in [3.05, 3.63) is 34.9 Å². The van der Waals surface area contributed by atoms with Crippen LogP contribution < -0.4 is 10.6 Å². The molecule has 25 heavy (non-hydrogen) atoms. The van der Waals surface area contributed by atoms with Gasteiger partial charge in [-0.25, -0.2) is 0 Å². The van der Waals surface area contributed by atoms with E-state index in [0.717, 1.165) is 0 Å². The largest absolute Gasteiger partial charge is 0.469 e. The van der Waals surface area contributed by atoms with Crippen LogP contribution in [0, 0.1) is 5.92 Å². The lowest BCUT2D eigenvalue weighted by atomic mass is 10.0. The molecule has 0 spiro atoms. The van der Waals surface area contributed by atoms with Crippen molar-refractivity contribution in [1.29, 1.82) is 0 Å². The Morgan fingerprint density at radius 3 is 2.36 bits per heavy atom. The van der Waals surface area contributed by atoms with Crippen LogP contribution in [-0.2, 0) is 14.3 Å². The fourth-order valence-electron chi connectivity index (χ4n) is 2.22. The minimum Gasteiger partial charge on any atom is -0.469 e. The maximum atomic E-state index is 12.4. The molecule has 1 aromatic rings. The predicted octanol–water partition coefficient (Wildman–Crippen LogP) is 2.55. The summed E-state index contributed by atoms with van der Waals surface area (Å²) in [6.45, 7) is 4.30. The van der Waals surface area contributed by atoms with E-state index < -0.39 is 6.04 Å². The molecule has 1 rings (SSSR count). The van der Waals surface area contributed by atoms with Gasteiger partial charge in [-0.05, 0) is 43.0 Å². The Bertz CT molecular complexity index is 587. The molecule has 0 heterocycles. The minimum absolute atomic E-state index is 0.233. The minimum atomic E-state index is -0.638. The summed E-state index contributed by atoms with van der Waals surface area (Å²) >= 11 is 5.82. The standard InChI is InChI=1S/C18H25ClN2O4/c1-12(2)11-15(18(24)20-10-4-5-16(22)25-3)21-17(23)13-6-8-14(19)9-7-13/h6-9,12,15H,4-5,10-11H2,1-3H3,(H,20,24)(H,21,23)/t15-/m0/s1. The third-order valence-electron chi connectivity index (χ3n) is 3.52. The van der Waals surface area contributed by atoms with Gasteiger partial charge in [0, 0.05) is 23.6 Å². The van der Waals surface area contributed by atoms with E-state index in [1.807, 2.05) is 13.8 Å². The van der Waals surface area contributed by atoms with Crippen molar-refractivity contribution >= 4 is 29.4 Å². The summed E-state index contributed by atoms with van der Waals surface area (Å²) in [6.07, 6.45) is 1.24. The van der Waals surface area contributed by atoms with E-state index in [-0.39, 0.29) is 30.1 Å². The van der Waals surface area contributed by atoms with Gasteiger partial charge in [-0.1, -0.05) is 25.4 Å². The Hall–Kier alpha value is -2.08. The molecule has 1 aromatic carbocycles. The summed E-state index contributed by atoms with van der Waals surface area (Å²) in [4.78, 5) is 35.7. The lowest BCUT2D eigenvalue weighted by Crippen LogP contribution is -2.47. The molecule has 2 N–H and O–H groups in total. The van der Waals surface area contributed by atoms with E-state index in [4.69, 9.17) is 11.6 Å². The number of nitrogens with one attached hydrogen (secondary N) is 2. The van der Waals surface area contributed by atoms with Crippen LogP contribution in [0.3, 0.4) is 0 Å². The molecule has 138 valence electrons. The number of amides is 2. The van der Waals surface area contributed by atoms with E-state index in [2.05, 4.69) is 15.4 Å². The van der Waals surface area contributed by atoms with Gasteiger partial charge in [0.15, 0.2) is 0 Å². The molecule has 0 radical (unpaired) electrons. The van der Waals surface area contributed by atoms with Crippen molar-refractivity contribution in [2.45, 2.75) is 39.2 Å². The summed E-state index contributed by atoms with van der Waals surface area (Å²) in [5, 5.41) is 6.05. The number of hydrogen-bond acceptors (Lipinski definition) is 4. The second-order valence-corrected chi connectivity index (χ2v) is 6.57. The predicted molar refractivity (Wildman–Crippen MR) is 96.4 cm³/mol. The van der Waals surface area contributed by atoms with Crippen molar-refractivity contribution in [3.8, 4) is 0 Å². The monoisotopic (exact) mass is 368 g/mol. The molecule has 6 nitrogen and oxygen atoms in total. The molecular formula is C18H25ClN2O4. The Kier molecular flexibility index (Phi) is 8.99. The van der Waals surface area contributed by atoms with Crippen molar-refractivity contribution in [3.63, 3.8) is 0 Å². The van der Waals surface area contributed by atoms with Crippen LogP contribution in [0.25, 0.3) is 0 Å². The average Bonchev–Trinajstić information content (AvgIpc) is 2.57. The molecule has 0 saturated carbocycles. The molecule has 0 fully saturated rings. The molecule has 0 aliphatic rings. The number of carbonyl (C=O) groups is 3. The summed E-state index contributed by atoms with van der Waals surface area (Å²) in [5.74, 6) is -0.673. The first-order valence-electron chi connectivity index (χ1n) is 8.24. The van der Waals surface area contributed by atoms with E-state index in [1.54, 1.807) is 24.3 Å². The first kappa shape index (κ1) is 21.0. The van der Waals surface area contributed by atoms with Crippen molar-refractivity contribution in [2.75, 3.05) is 13.7 Å². The van der Waals surface area contributed by atoms with E-state index in [0.29, 0.717) is 30.0 Å². The molecule has 0 bridgehead atoms. The Labute approximate surface area is 153 Å². The molecule has 0 aliphatic heterocycles. The highest BCUT2D eigenvalue weighted by Gasteiger charge is 2.22. The van der Waals surface area contributed by atoms with Crippen LogP contribution >= 0.6 is 11.6 Å². The third kappa shape index (κ3) is 8.03. The summed E-state index contributed by atoms with van der Waals surface area (Å²) in [7, 11) is 1.33. The first-order chi connectivity index (χ1) is 11.8. The molecule has 0 aliphatic carbocycles. The zero-order valence-corrected chi connectivity index (χ0v) is 15.6. The summed E-state index contributed by atoms with van der Waals surface area (Å²) in [5.41, 5.74) is 0.441. The van der Waals surface area contributed by atoms with Gasteiger partial charge in [0.1, 0.15) is 6.04 Å². The highest BCUT2D eigenvalue weighted by Crippen LogP contribution is 2.11. The fourth-order valence-corrected chi connectivity index (χ4v) is 2.34. The Morgan fingerprint density at radius 2 is 1.80 bits per heavy atom. The van der Waals surface area contributed by atoms with E-state index >= 15 is 0 Å². The Balaban J connectivity index is 2.60. The van der Waals surface area contributed by atoms with Crippen LogP contribution in [-0.4, -0.2) is 37.5 Å². The smallest absolute Gasteiger partial charge is 0.305 e. The van der Waals surface area contributed by atoms with Gasteiger partial charge in [-0.2, -0.15) is 0 Å². The highest BCUT2D eigenvalue weighted by atomic mass is 35.5. The number of hydrogen-bond donors (Lipinski definition) is 2. The number of halogens is 1. The lowest BCUT2D eigenvalue weighted by molar-refractivity contribution is -0.140. The normalized spacial score (nSPS) is 11.7. The number of carbonyl (C=O) groups excluding carboxylic acids is 3. The Morgan fingerprint density at radius 1 is 1.16 bits per heavy atom. The van der Waals surface area contributed by atoms with Crippen LogP contribution in [0.4, 0.5) is 0 Å². The molecule has 0 aromatic heterocycles. The molecule has 0 saturated heterocycles. The maximum Gasteiger partial charge on any atom is 0.305 e. The molecular weight excluding hydrogens is 344 g/mol. The fraction of sp³-hybridized carbons (Fsp3) is 0.500. The first-order valence-corrected chi connectivity index (χ1v) is 8.62. The highest BCUT2D eigenvalue weighted by molar-refractivity contribution is 6.30. The zero-order chi connectivity index (χ0) is 18.8. The van der Waals surface area contributed by atoms with Crippen molar-refractivity contribution in [2.24, 2.45) is 5.92 Å². The van der Waals surface area contributed by atoms with Gasteiger partial charge >= 0.3 is 5.97 Å². The van der Waals surface area contributed by atoms with Gasteiger partial charge in [0.05, 0.1) is 7.11 Å². The number of methoxy groups -OCH3 is 1. The third-order valence-corrected chi connectivity index (χ3v) is 3.77. The summed E-state index contributed by atoms with van der Waals surface area (Å²) in [6, 6.07) is 5.83. The van der Waals surface area contributed by atoms with Crippen LogP contribution in [0.5, 0.6) is 0 Å². The topological polar surface area (TPSA) is 84.5 Å². The van der Waals surface area contributed by atoms with E-state index in [1.165, 1.54) is 7.11 Å².